The van der Waals surface area contributed by atoms with E-state index in [4.69, 9.17) is 4.74 Å². The number of hydrogen-bond donors (Lipinski definition) is 0. The van der Waals surface area contributed by atoms with Crippen molar-refractivity contribution in [3.05, 3.63) is 24.0 Å². The van der Waals surface area contributed by atoms with Gasteiger partial charge in [-0.15, -0.1) is 0 Å². The maximum atomic E-state index is 12.2. The van der Waals surface area contributed by atoms with Crippen LogP contribution in [0.1, 0.15) is 12.6 Å². The number of nitrogens with zero attached hydrogens (tertiary/aromatic N) is 1. The van der Waals surface area contributed by atoms with Crippen LogP contribution < -0.4 is 0 Å². The molecule has 0 aliphatic heterocycles. The number of aromatic nitrogens is 1. The largest absolute Gasteiger partial charge is 0.431 e. The molecular formula is C8H10F3NO. The zero-order chi connectivity index (χ0) is 9.90. The Labute approximate surface area is 73.9 Å². The Morgan fingerprint density at radius 1 is 1.46 bits per heavy atom. The summed E-state index contributed by atoms with van der Waals surface area (Å²) in [6, 6.07) is 2.38. The van der Waals surface area contributed by atoms with E-state index in [0.29, 0.717) is 6.61 Å². The van der Waals surface area contributed by atoms with Gasteiger partial charge in [0.25, 0.3) is 0 Å². The summed E-state index contributed by atoms with van der Waals surface area (Å²) in [7, 11) is 0. The highest BCUT2D eigenvalue weighted by atomic mass is 19.4. The second-order valence-electron chi connectivity index (χ2n) is 2.48. The van der Waals surface area contributed by atoms with Gasteiger partial charge in [0.1, 0.15) is 12.4 Å². The van der Waals surface area contributed by atoms with Crippen molar-refractivity contribution in [2.45, 2.75) is 19.8 Å². The van der Waals surface area contributed by atoms with Gasteiger partial charge in [0.2, 0.25) is 0 Å². The highest BCUT2D eigenvalue weighted by Gasteiger charge is 2.33. The third-order valence-corrected chi connectivity index (χ3v) is 1.55. The Balaban J connectivity index is 2.77. The van der Waals surface area contributed by atoms with Crippen LogP contribution in [0.15, 0.2) is 18.3 Å². The summed E-state index contributed by atoms with van der Waals surface area (Å²) < 4.78 is 42.6. The van der Waals surface area contributed by atoms with E-state index in [-0.39, 0.29) is 6.73 Å². The van der Waals surface area contributed by atoms with E-state index in [9.17, 15) is 13.2 Å². The fraction of sp³-hybridized carbons (Fsp3) is 0.500. The van der Waals surface area contributed by atoms with E-state index in [0.717, 1.165) is 10.6 Å². The van der Waals surface area contributed by atoms with E-state index in [1.165, 1.54) is 12.3 Å². The van der Waals surface area contributed by atoms with Gasteiger partial charge >= 0.3 is 6.18 Å². The summed E-state index contributed by atoms with van der Waals surface area (Å²) in [5.41, 5.74) is -0.680. The van der Waals surface area contributed by atoms with Crippen molar-refractivity contribution < 1.29 is 17.9 Å². The fourth-order valence-electron chi connectivity index (χ4n) is 0.974. The van der Waals surface area contributed by atoms with Crippen LogP contribution in [0.2, 0.25) is 0 Å². The van der Waals surface area contributed by atoms with Crippen LogP contribution in [0.25, 0.3) is 0 Å². The second-order valence-corrected chi connectivity index (χ2v) is 2.48. The Kier molecular flexibility index (Phi) is 2.98. The van der Waals surface area contributed by atoms with Crippen molar-refractivity contribution in [1.29, 1.82) is 0 Å². The molecule has 1 aromatic heterocycles. The zero-order valence-electron chi connectivity index (χ0n) is 7.14. The molecule has 0 spiro atoms. The number of halogens is 3. The average molecular weight is 193 g/mol. The monoisotopic (exact) mass is 193 g/mol. The van der Waals surface area contributed by atoms with Crippen LogP contribution in [0.3, 0.4) is 0 Å². The zero-order valence-corrected chi connectivity index (χ0v) is 7.14. The molecule has 0 aliphatic carbocycles. The van der Waals surface area contributed by atoms with Crippen LogP contribution in [0.4, 0.5) is 13.2 Å². The summed E-state index contributed by atoms with van der Waals surface area (Å²) >= 11 is 0. The third kappa shape index (κ3) is 2.48. The maximum absolute atomic E-state index is 12.2. The first-order valence-electron chi connectivity index (χ1n) is 3.85. The van der Waals surface area contributed by atoms with E-state index >= 15 is 0 Å². The topological polar surface area (TPSA) is 14.2 Å². The second kappa shape index (κ2) is 3.83. The van der Waals surface area contributed by atoms with Crippen molar-refractivity contribution in [2.75, 3.05) is 6.61 Å². The highest BCUT2D eigenvalue weighted by molar-refractivity contribution is 5.10. The molecule has 13 heavy (non-hydrogen) atoms. The van der Waals surface area contributed by atoms with Gasteiger partial charge in [-0.25, -0.2) is 0 Å². The SMILES string of the molecule is CCOCn1cccc1C(F)(F)F. The Bertz CT molecular complexity index is 267. The highest BCUT2D eigenvalue weighted by Crippen LogP contribution is 2.29. The standard InChI is InChI=1S/C8H10F3NO/c1-2-13-6-12-5-3-4-7(12)8(9,10)11/h3-5H,2,6H2,1H3. The number of ether oxygens (including phenoxy) is 1. The van der Waals surface area contributed by atoms with Crippen molar-refractivity contribution in [3.63, 3.8) is 0 Å². The van der Waals surface area contributed by atoms with Crippen LogP contribution >= 0.6 is 0 Å². The molecule has 0 bridgehead atoms. The molecule has 0 fully saturated rings. The lowest BCUT2D eigenvalue weighted by Crippen LogP contribution is -2.14. The smallest absolute Gasteiger partial charge is 0.361 e. The predicted molar refractivity (Wildman–Crippen MR) is 41.1 cm³/mol. The van der Waals surface area contributed by atoms with Crippen LogP contribution in [-0.4, -0.2) is 11.2 Å². The lowest BCUT2D eigenvalue weighted by molar-refractivity contribution is -0.145. The molecular weight excluding hydrogens is 183 g/mol. The van der Waals surface area contributed by atoms with Crippen LogP contribution in [0.5, 0.6) is 0 Å². The van der Waals surface area contributed by atoms with Crippen LogP contribution in [0, 0.1) is 0 Å². The molecule has 0 saturated heterocycles. The van der Waals surface area contributed by atoms with Gasteiger partial charge in [0, 0.05) is 12.8 Å². The first-order chi connectivity index (χ1) is 6.05. The predicted octanol–water partition coefficient (Wildman–Crippen LogP) is 2.50. The van der Waals surface area contributed by atoms with Gasteiger partial charge in [-0.3, -0.25) is 0 Å². The summed E-state index contributed by atoms with van der Waals surface area (Å²) in [5.74, 6) is 0. The lowest BCUT2D eigenvalue weighted by atomic mass is 10.4. The van der Waals surface area contributed by atoms with Gasteiger partial charge in [-0.2, -0.15) is 13.2 Å². The molecule has 0 aromatic carbocycles. The lowest BCUT2D eigenvalue weighted by Gasteiger charge is -2.11. The first kappa shape index (κ1) is 10.1. The van der Waals surface area contributed by atoms with Crippen LogP contribution in [-0.2, 0) is 17.6 Å². The molecule has 0 amide bonds. The molecule has 0 radical (unpaired) electrons. The molecule has 5 heteroatoms. The minimum absolute atomic E-state index is 0.0572. The number of rotatable bonds is 3. The normalized spacial score (nSPS) is 12.0. The van der Waals surface area contributed by atoms with Gasteiger partial charge in [-0.05, 0) is 19.1 Å². The fourth-order valence-corrected chi connectivity index (χ4v) is 0.974. The molecule has 0 unspecified atom stereocenters. The minimum atomic E-state index is -4.30. The summed E-state index contributed by atoms with van der Waals surface area (Å²) in [5, 5.41) is 0. The maximum Gasteiger partial charge on any atom is 0.431 e. The minimum Gasteiger partial charge on any atom is -0.361 e. The van der Waals surface area contributed by atoms with Gasteiger partial charge < -0.3 is 9.30 Å². The van der Waals surface area contributed by atoms with E-state index in [2.05, 4.69) is 0 Å². The van der Waals surface area contributed by atoms with Crippen molar-refractivity contribution in [3.8, 4) is 0 Å². The van der Waals surface area contributed by atoms with E-state index < -0.39 is 11.9 Å². The number of hydrogen-bond acceptors (Lipinski definition) is 1. The summed E-state index contributed by atoms with van der Waals surface area (Å²) in [6.07, 6.45) is -2.96. The van der Waals surface area contributed by atoms with Gasteiger partial charge in [0.15, 0.2) is 0 Å². The third-order valence-electron chi connectivity index (χ3n) is 1.55. The Morgan fingerprint density at radius 3 is 2.69 bits per heavy atom. The molecule has 1 heterocycles. The summed E-state index contributed by atoms with van der Waals surface area (Å²) in [6.45, 7) is 2.07. The van der Waals surface area contributed by atoms with Crippen molar-refractivity contribution >= 4 is 0 Å². The van der Waals surface area contributed by atoms with Gasteiger partial charge in [-0.1, -0.05) is 0 Å². The molecule has 1 rings (SSSR count). The van der Waals surface area contributed by atoms with E-state index in [1.807, 2.05) is 0 Å². The molecule has 1 aromatic rings. The Hall–Kier alpha value is -0.970. The quantitative estimate of drug-likeness (QED) is 0.719. The molecule has 0 atom stereocenters. The molecule has 0 aliphatic rings. The summed E-state index contributed by atoms with van der Waals surface area (Å²) in [4.78, 5) is 0. The van der Waals surface area contributed by atoms with Crippen molar-refractivity contribution in [1.82, 2.24) is 4.57 Å². The molecule has 0 N–H and O–H groups in total. The molecule has 0 saturated carbocycles. The average Bonchev–Trinajstić information content (AvgIpc) is 2.47. The van der Waals surface area contributed by atoms with Crippen molar-refractivity contribution in [2.24, 2.45) is 0 Å². The van der Waals surface area contributed by atoms with Gasteiger partial charge in [0.05, 0.1) is 0 Å². The molecule has 74 valence electrons. The number of alkyl halides is 3. The first-order valence-corrected chi connectivity index (χ1v) is 3.85. The van der Waals surface area contributed by atoms with E-state index in [1.54, 1.807) is 6.92 Å². The Morgan fingerprint density at radius 2 is 2.15 bits per heavy atom. The molecule has 2 nitrogen and oxygen atoms in total.